The number of rotatable bonds is 3. The standard InChI is InChI=1S/C21H13Cl2F7N2O/c1-9-3-13(19(24,20(25,26)27)21(28,29)30)4-10(2)16(9)32-18(33)12-5-11-6-14(22)8-31-17(11)15(23)7-12/h3-8H,1-2H3,(H,32,33). The monoisotopic (exact) mass is 512 g/mol. The number of nitrogens with zero attached hydrogens (tertiary/aromatic N) is 1. The Kier molecular flexibility index (Phi) is 6.31. The van der Waals surface area contributed by atoms with Crippen LogP contribution in [0.1, 0.15) is 27.0 Å². The molecule has 12 heteroatoms. The van der Waals surface area contributed by atoms with Crippen molar-refractivity contribution < 1.29 is 35.5 Å². The minimum atomic E-state index is -6.24. The number of hydrogen-bond acceptors (Lipinski definition) is 2. The molecule has 0 saturated heterocycles. The van der Waals surface area contributed by atoms with Gasteiger partial charge >= 0.3 is 18.0 Å². The number of amides is 1. The van der Waals surface area contributed by atoms with Crippen LogP contribution in [-0.4, -0.2) is 23.2 Å². The van der Waals surface area contributed by atoms with Crippen molar-refractivity contribution in [3.05, 3.63) is 68.8 Å². The van der Waals surface area contributed by atoms with Crippen LogP contribution >= 0.6 is 23.2 Å². The number of anilines is 1. The van der Waals surface area contributed by atoms with E-state index in [2.05, 4.69) is 10.3 Å². The van der Waals surface area contributed by atoms with Gasteiger partial charge in [-0.05, 0) is 43.2 Å². The fraction of sp³-hybridized carbons (Fsp3) is 0.238. The summed E-state index contributed by atoms with van der Waals surface area (Å²) in [7, 11) is 0. The molecule has 0 atom stereocenters. The van der Waals surface area contributed by atoms with E-state index < -0.39 is 29.5 Å². The fourth-order valence-electron chi connectivity index (χ4n) is 3.34. The van der Waals surface area contributed by atoms with Crippen LogP contribution in [0.25, 0.3) is 10.9 Å². The van der Waals surface area contributed by atoms with Crippen molar-refractivity contribution in [3.63, 3.8) is 0 Å². The van der Waals surface area contributed by atoms with Crippen LogP contribution in [0, 0.1) is 13.8 Å². The summed E-state index contributed by atoms with van der Waals surface area (Å²) in [4.78, 5) is 16.8. The average Bonchev–Trinajstić information content (AvgIpc) is 2.67. The van der Waals surface area contributed by atoms with Crippen LogP contribution in [0.5, 0.6) is 0 Å². The normalized spacial score (nSPS) is 12.8. The van der Waals surface area contributed by atoms with E-state index in [4.69, 9.17) is 23.2 Å². The Balaban J connectivity index is 2.02. The number of halogens is 9. The second-order valence-electron chi connectivity index (χ2n) is 7.28. The number of alkyl halides is 7. The first-order valence-electron chi connectivity index (χ1n) is 9.06. The molecule has 0 radical (unpaired) electrons. The van der Waals surface area contributed by atoms with E-state index >= 15 is 0 Å². The van der Waals surface area contributed by atoms with Gasteiger partial charge in [-0.25, -0.2) is 4.39 Å². The third kappa shape index (κ3) is 4.46. The van der Waals surface area contributed by atoms with Gasteiger partial charge in [-0.15, -0.1) is 0 Å². The molecule has 1 heterocycles. The molecule has 1 amide bonds. The van der Waals surface area contributed by atoms with E-state index in [0.29, 0.717) is 23.0 Å². The highest BCUT2D eigenvalue weighted by atomic mass is 35.5. The number of pyridine rings is 1. The van der Waals surface area contributed by atoms with Gasteiger partial charge in [0.2, 0.25) is 0 Å². The van der Waals surface area contributed by atoms with Crippen LogP contribution in [0.4, 0.5) is 36.4 Å². The van der Waals surface area contributed by atoms with Gasteiger partial charge in [0.1, 0.15) is 0 Å². The van der Waals surface area contributed by atoms with Crippen molar-refractivity contribution >= 4 is 45.7 Å². The minimum Gasteiger partial charge on any atom is -0.322 e. The summed E-state index contributed by atoms with van der Waals surface area (Å²) in [6.45, 7) is 2.30. The van der Waals surface area contributed by atoms with Gasteiger partial charge < -0.3 is 5.32 Å². The number of nitrogens with one attached hydrogen (secondary N) is 1. The Morgan fingerprint density at radius 3 is 1.94 bits per heavy atom. The lowest BCUT2D eigenvalue weighted by atomic mass is 9.90. The number of fused-ring (bicyclic) bond motifs is 1. The molecule has 1 aromatic heterocycles. The lowest BCUT2D eigenvalue weighted by Gasteiger charge is -2.31. The molecule has 3 nitrogen and oxygen atoms in total. The molecule has 176 valence electrons. The Bertz CT molecular complexity index is 1220. The number of benzene rings is 2. The highest BCUT2D eigenvalue weighted by Crippen LogP contribution is 2.53. The largest absolute Gasteiger partial charge is 0.435 e. The van der Waals surface area contributed by atoms with E-state index in [1.54, 1.807) is 0 Å². The third-order valence-corrected chi connectivity index (χ3v) is 5.41. The molecular formula is C21H13Cl2F7N2O. The highest BCUT2D eigenvalue weighted by molar-refractivity contribution is 6.36. The quantitative estimate of drug-likeness (QED) is 0.365. The molecule has 0 saturated carbocycles. The molecule has 0 aliphatic heterocycles. The SMILES string of the molecule is Cc1cc(C(F)(C(F)(F)F)C(F)(F)F)cc(C)c1NC(=O)c1cc(Cl)c2ncc(Cl)cc2c1. The lowest BCUT2D eigenvalue weighted by Crippen LogP contribution is -2.50. The fourth-order valence-corrected chi connectivity index (χ4v) is 3.78. The summed E-state index contributed by atoms with van der Waals surface area (Å²) < 4.78 is 92.9. The second kappa shape index (κ2) is 8.32. The van der Waals surface area contributed by atoms with Crippen LogP contribution in [-0.2, 0) is 5.67 Å². The summed E-state index contributed by atoms with van der Waals surface area (Å²) >= 11 is 12.0. The Hall–Kier alpha value is -2.59. The Morgan fingerprint density at radius 2 is 1.42 bits per heavy atom. The van der Waals surface area contributed by atoms with Crippen molar-refractivity contribution in [1.29, 1.82) is 0 Å². The predicted molar refractivity (Wildman–Crippen MR) is 111 cm³/mol. The third-order valence-electron chi connectivity index (χ3n) is 4.92. The average molecular weight is 513 g/mol. The van der Waals surface area contributed by atoms with Gasteiger partial charge in [-0.2, -0.15) is 26.3 Å². The molecule has 0 aliphatic carbocycles. The van der Waals surface area contributed by atoms with E-state index in [1.807, 2.05) is 0 Å². The topological polar surface area (TPSA) is 42.0 Å². The van der Waals surface area contributed by atoms with E-state index in [0.717, 1.165) is 13.8 Å². The smallest absolute Gasteiger partial charge is 0.322 e. The molecule has 0 bridgehead atoms. The summed E-state index contributed by atoms with van der Waals surface area (Å²) in [6.07, 6.45) is -11.1. The van der Waals surface area contributed by atoms with Crippen molar-refractivity contribution in [2.45, 2.75) is 31.9 Å². The van der Waals surface area contributed by atoms with Gasteiger partial charge in [0.25, 0.3) is 5.91 Å². The van der Waals surface area contributed by atoms with Crippen molar-refractivity contribution in [1.82, 2.24) is 4.98 Å². The predicted octanol–water partition coefficient (Wildman–Crippen LogP) is 7.70. The molecular weight excluding hydrogens is 500 g/mol. The summed E-state index contributed by atoms with van der Waals surface area (Å²) in [5, 5.41) is 3.25. The first kappa shape index (κ1) is 25.0. The number of aromatic nitrogens is 1. The second-order valence-corrected chi connectivity index (χ2v) is 8.12. The Morgan fingerprint density at radius 1 is 0.879 bits per heavy atom. The van der Waals surface area contributed by atoms with Gasteiger partial charge in [0.05, 0.1) is 15.6 Å². The van der Waals surface area contributed by atoms with E-state index in [1.165, 1.54) is 24.4 Å². The molecule has 3 rings (SSSR count). The minimum absolute atomic E-state index is 0.0323. The van der Waals surface area contributed by atoms with Crippen molar-refractivity contribution in [2.24, 2.45) is 0 Å². The zero-order chi connectivity index (χ0) is 24.9. The maximum Gasteiger partial charge on any atom is 0.435 e. The molecule has 0 aliphatic rings. The molecule has 0 unspecified atom stereocenters. The number of hydrogen-bond donors (Lipinski definition) is 1. The number of carbonyl (C=O) groups is 1. The number of aryl methyl sites for hydroxylation is 2. The van der Waals surface area contributed by atoms with Gasteiger partial charge in [-0.3, -0.25) is 9.78 Å². The van der Waals surface area contributed by atoms with Crippen LogP contribution < -0.4 is 5.32 Å². The van der Waals surface area contributed by atoms with Crippen LogP contribution in [0.15, 0.2) is 36.5 Å². The molecule has 2 aromatic carbocycles. The first-order chi connectivity index (χ1) is 15.1. The summed E-state index contributed by atoms with van der Waals surface area (Å²) in [6, 6.07) is 5.02. The lowest BCUT2D eigenvalue weighted by molar-refractivity contribution is -0.348. The van der Waals surface area contributed by atoms with Crippen LogP contribution in [0.2, 0.25) is 10.0 Å². The Labute approximate surface area is 192 Å². The summed E-state index contributed by atoms with van der Waals surface area (Å²) in [5.74, 6) is -0.754. The molecule has 0 spiro atoms. The van der Waals surface area contributed by atoms with Gasteiger partial charge in [-0.1, -0.05) is 35.3 Å². The van der Waals surface area contributed by atoms with E-state index in [-0.39, 0.29) is 32.4 Å². The van der Waals surface area contributed by atoms with Gasteiger partial charge in [0, 0.05) is 28.4 Å². The maximum atomic E-state index is 14.4. The molecule has 1 N–H and O–H groups in total. The van der Waals surface area contributed by atoms with E-state index in [9.17, 15) is 35.5 Å². The molecule has 0 fully saturated rings. The van der Waals surface area contributed by atoms with Crippen molar-refractivity contribution in [3.8, 4) is 0 Å². The van der Waals surface area contributed by atoms with Gasteiger partial charge in [0.15, 0.2) is 0 Å². The number of carbonyl (C=O) groups excluding carboxylic acids is 1. The first-order valence-corrected chi connectivity index (χ1v) is 9.82. The maximum absolute atomic E-state index is 14.4. The highest BCUT2D eigenvalue weighted by Gasteiger charge is 2.73. The zero-order valence-electron chi connectivity index (χ0n) is 16.7. The van der Waals surface area contributed by atoms with Crippen LogP contribution in [0.3, 0.4) is 0 Å². The zero-order valence-corrected chi connectivity index (χ0v) is 18.2. The molecule has 33 heavy (non-hydrogen) atoms. The molecule has 3 aromatic rings. The van der Waals surface area contributed by atoms with Crippen molar-refractivity contribution in [2.75, 3.05) is 5.32 Å². The summed E-state index contributed by atoms with van der Waals surface area (Å²) in [5.41, 5.74) is -7.29.